The topological polar surface area (TPSA) is 77.8 Å². The number of nitrogens with one attached hydrogen (secondary N) is 3. The van der Waals surface area contributed by atoms with Crippen LogP contribution in [0.5, 0.6) is 0 Å². The fraction of sp³-hybridized carbons (Fsp3) is 0.0909. The van der Waals surface area contributed by atoms with Gasteiger partial charge in [0.2, 0.25) is 5.91 Å². The first-order valence-electron chi connectivity index (χ1n) is 4.80. The molecule has 0 aliphatic carbocycles. The van der Waals surface area contributed by atoms with Crippen molar-refractivity contribution in [2.45, 2.75) is 6.54 Å². The number of carbonyl (C=O) groups excluding carboxylic acids is 1. The number of hydrogen-bond acceptors (Lipinski definition) is 2. The molecule has 16 heavy (non-hydrogen) atoms. The van der Waals surface area contributed by atoms with Gasteiger partial charge in [-0.3, -0.25) is 4.79 Å². The second-order valence-electron chi connectivity index (χ2n) is 3.38. The molecule has 5 nitrogen and oxygen atoms in total. The van der Waals surface area contributed by atoms with Crippen molar-refractivity contribution in [3.8, 4) is 0 Å². The molecule has 0 saturated heterocycles. The normalized spacial score (nSPS) is 10.2. The number of hydrogen-bond donors (Lipinski definition) is 3. The lowest BCUT2D eigenvalue weighted by Gasteiger charge is -2.02. The highest BCUT2D eigenvalue weighted by Gasteiger charge is 2.00. The Hall–Kier alpha value is -2.30. The van der Waals surface area contributed by atoms with E-state index >= 15 is 0 Å². The standard InChI is InChI=1S/C11H11N3O2/c1-2-10(15)12-6-7-3-4-8-9(5-7)14-11(16)13-8/h2-5H,1,6H2,(H,12,15)(H2,13,14,16). The first-order chi connectivity index (χ1) is 7.69. The number of aromatic nitrogens is 2. The van der Waals surface area contributed by atoms with Crippen molar-refractivity contribution < 1.29 is 4.79 Å². The van der Waals surface area contributed by atoms with Gasteiger partial charge in [0.05, 0.1) is 11.0 Å². The molecule has 0 unspecified atom stereocenters. The summed E-state index contributed by atoms with van der Waals surface area (Å²) in [6, 6.07) is 5.45. The minimum absolute atomic E-state index is 0.220. The molecule has 1 amide bonds. The summed E-state index contributed by atoms with van der Waals surface area (Å²) < 4.78 is 0. The van der Waals surface area contributed by atoms with Gasteiger partial charge in [-0.15, -0.1) is 0 Å². The lowest BCUT2D eigenvalue weighted by molar-refractivity contribution is -0.116. The van der Waals surface area contributed by atoms with Crippen LogP contribution in [-0.4, -0.2) is 15.9 Å². The van der Waals surface area contributed by atoms with Crippen molar-refractivity contribution in [3.63, 3.8) is 0 Å². The minimum Gasteiger partial charge on any atom is -0.348 e. The van der Waals surface area contributed by atoms with E-state index in [2.05, 4.69) is 21.9 Å². The van der Waals surface area contributed by atoms with Gasteiger partial charge < -0.3 is 15.3 Å². The summed E-state index contributed by atoms with van der Waals surface area (Å²) >= 11 is 0. The first-order valence-corrected chi connectivity index (χ1v) is 4.80. The average molecular weight is 217 g/mol. The molecule has 0 saturated carbocycles. The maximum atomic E-state index is 11.0. The minimum atomic E-state index is -0.234. The Kier molecular flexibility index (Phi) is 2.59. The van der Waals surface area contributed by atoms with Crippen LogP contribution >= 0.6 is 0 Å². The van der Waals surface area contributed by atoms with Gasteiger partial charge in [0.25, 0.3) is 0 Å². The zero-order valence-electron chi connectivity index (χ0n) is 8.54. The van der Waals surface area contributed by atoms with E-state index in [1.165, 1.54) is 6.08 Å². The van der Waals surface area contributed by atoms with Gasteiger partial charge in [0.1, 0.15) is 0 Å². The average Bonchev–Trinajstić information content (AvgIpc) is 2.65. The van der Waals surface area contributed by atoms with Gasteiger partial charge >= 0.3 is 5.69 Å². The van der Waals surface area contributed by atoms with Crippen molar-refractivity contribution >= 4 is 16.9 Å². The van der Waals surface area contributed by atoms with Crippen molar-refractivity contribution in [2.75, 3.05) is 0 Å². The Morgan fingerprint density at radius 1 is 1.38 bits per heavy atom. The van der Waals surface area contributed by atoms with E-state index in [0.29, 0.717) is 6.54 Å². The summed E-state index contributed by atoms with van der Waals surface area (Å²) in [6.45, 7) is 3.77. The van der Waals surface area contributed by atoms with E-state index < -0.39 is 0 Å². The number of carbonyl (C=O) groups is 1. The third-order valence-electron chi connectivity index (χ3n) is 2.23. The molecule has 0 atom stereocenters. The number of H-pyrrole nitrogens is 2. The molecule has 5 heteroatoms. The van der Waals surface area contributed by atoms with Crippen molar-refractivity contribution in [2.24, 2.45) is 0 Å². The van der Waals surface area contributed by atoms with E-state index in [-0.39, 0.29) is 11.6 Å². The molecule has 0 aliphatic rings. The maximum absolute atomic E-state index is 11.0. The maximum Gasteiger partial charge on any atom is 0.323 e. The third kappa shape index (κ3) is 2.03. The highest BCUT2D eigenvalue weighted by Crippen LogP contribution is 2.09. The van der Waals surface area contributed by atoms with Crippen LogP contribution in [0.25, 0.3) is 11.0 Å². The van der Waals surface area contributed by atoms with Crippen LogP contribution in [0.1, 0.15) is 5.56 Å². The zero-order chi connectivity index (χ0) is 11.5. The third-order valence-corrected chi connectivity index (χ3v) is 2.23. The van der Waals surface area contributed by atoms with E-state index in [1.807, 2.05) is 12.1 Å². The quantitative estimate of drug-likeness (QED) is 0.660. The Balaban J connectivity index is 2.22. The first kappa shape index (κ1) is 10.2. The molecule has 1 heterocycles. The molecule has 82 valence electrons. The summed E-state index contributed by atoms with van der Waals surface area (Å²) in [4.78, 5) is 27.3. The number of amides is 1. The molecule has 0 bridgehead atoms. The summed E-state index contributed by atoms with van der Waals surface area (Å²) in [5, 5.41) is 2.66. The molecule has 0 fully saturated rings. The van der Waals surface area contributed by atoms with Gasteiger partial charge in [-0.1, -0.05) is 12.6 Å². The lowest BCUT2D eigenvalue weighted by Crippen LogP contribution is -2.19. The Morgan fingerprint density at radius 3 is 2.88 bits per heavy atom. The Labute approximate surface area is 91.2 Å². The molecule has 1 aromatic carbocycles. The van der Waals surface area contributed by atoms with Crippen LogP contribution in [-0.2, 0) is 11.3 Å². The molecular weight excluding hydrogens is 206 g/mol. The molecule has 1 aromatic heterocycles. The van der Waals surface area contributed by atoms with E-state index in [0.717, 1.165) is 16.6 Å². The highest BCUT2D eigenvalue weighted by molar-refractivity contribution is 5.86. The van der Waals surface area contributed by atoms with Crippen LogP contribution in [0, 0.1) is 0 Å². The van der Waals surface area contributed by atoms with Gasteiger partial charge in [0.15, 0.2) is 0 Å². The van der Waals surface area contributed by atoms with Gasteiger partial charge in [0, 0.05) is 6.54 Å². The van der Waals surface area contributed by atoms with Crippen LogP contribution in [0.3, 0.4) is 0 Å². The van der Waals surface area contributed by atoms with E-state index in [9.17, 15) is 9.59 Å². The van der Waals surface area contributed by atoms with Gasteiger partial charge in [-0.2, -0.15) is 0 Å². The van der Waals surface area contributed by atoms with Crippen LogP contribution < -0.4 is 11.0 Å². The van der Waals surface area contributed by atoms with E-state index in [4.69, 9.17) is 0 Å². The monoisotopic (exact) mass is 217 g/mol. The molecule has 2 aromatic rings. The highest BCUT2D eigenvalue weighted by atomic mass is 16.1. The number of imidazole rings is 1. The summed E-state index contributed by atoms with van der Waals surface area (Å²) in [5.74, 6) is -0.220. The zero-order valence-corrected chi connectivity index (χ0v) is 8.54. The fourth-order valence-electron chi connectivity index (χ4n) is 1.45. The van der Waals surface area contributed by atoms with E-state index in [1.54, 1.807) is 6.07 Å². The summed E-state index contributed by atoms with van der Waals surface area (Å²) in [6.07, 6.45) is 1.22. The van der Waals surface area contributed by atoms with Crippen molar-refractivity contribution in [1.82, 2.24) is 15.3 Å². The second-order valence-corrected chi connectivity index (χ2v) is 3.38. The summed E-state index contributed by atoms with van der Waals surface area (Å²) in [5.41, 5.74) is 2.17. The van der Waals surface area contributed by atoms with Gasteiger partial charge in [-0.05, 0) is 23.8 Å². The van der Waals surface area contributed by atoms with Crippen LogP contribution in [0.2, 0.25) is 0 Å². The molecular formula is C11H11N3O2. The Morgan fingerprint density at radius 2 is 2.12 bits per heavy atom. The number of fused-ring (bicyclic) bond motifs is 1. The lowest BCUT2D eigenvalue weighted by atomic mass is 10.2. The SMILES string of the molecule is C=CC(=O)NCc1ccc2[nH]c(=O)[nH]c2c1. The smallest absolute Gasteiger partial charge is 0.323 e. The molecule has 0 radical (unpaired) electrons. The molecule has 0 aliphatic heterocycles. The van der Waals surface area contributed by atoms with Crippen molar-refractivity contribution in [1.29, 1.82) is 0 Å². The molecule has 2 rings (SSSR count). The second kappa shape index (κ2) is 4.06. The predicted octanol–water partition coefficient (Wildman–Crippen LogP) is 0.658. The largest absolute Gasteiger partial charge is 0.348 e. The molecule has 3 N–H and O–H groups in total. The fourth-order valence-corrected chi connectivity index (χ4v) is 1.45. The summed E-state index contributed by atoms with van der Waals surface area (Å²) in [7, 11) is 0. The number of aromatic amines is 2. The Bertz CT molecular complexity index is 595. The number of rotatable bonds is 3. The number of benzene rings is 1. The predicted molar refractivity (Wildman–Crippen MR) is 61.0 cm³/mol. The van der Waals surface area contributed by atoms with Crippen LogP contribution in [0.15, 0.2) is 35.6 Å². The van der Waals surface area contributed by atoms with Crippen molar-refractivity contribution in [3.05, 3.63) is 46.9 Å². The van der Waals surface area contributed by atoms with Gasteiger partial charge in [-0.25, -0.2) is 4.79 Å². The molecule has 0 spiro atoms. The van der Waals surface area contributed by atoms with Crippen LogP contribution in [0.4, 0.5) is 0 Å².